The molecule has 0 aromatic rings. The Labute approximate surface area is 117 Å². The molecular formula is C13H19N3O4. The molecule has 1 saturated heterocycles. The zero-order valence-electron chi connectivity index (χ0n) is 11.5. The van der Waals surface area contributed by atoms with E-state index in [0.29, 0.717) is 25.1 Å². The Balaban J connectivity index is 2.97. The zero-order valence-corrected chi connectivity index (χ0v) is 11.5. The summed E-state index contributed by atoms with van der Waals surface area (Å²) in [4.78, 5) is 40.8. The molecule has 1 fully saturated rings. The van der Waals surface area contributed by atoms with Crippen molar-refractivity contribution in [3.63, 3.8) is 0 Å². The van der Waals surface area contributed by atoms with E-state index >= 15 is 0 Å². The number of amides is 4. The van der Waals surface area contributed by atoms with Crippen molar-refractivity contribution in [2.24, 2.45) is 10.9 Å². The van der Waals surface area contributed by atoms with E-state index in [1.807, 2.05) is 0 Å². The third-order valence-electron chi connectivity index (χ3n) is 2.89. The van der Waals surface area contributed by atoms with Crippen LogP contribution in [0.5, 0.6) is 0 Å². The maximum Gasteiger partial charge on any atom is 0.331 e. The van der Waals surface area contributed by atoms with Crippen LogP contribution in [0, 0.1) is 5.92 Å². The van der Waals surface area contributed by atoms with Crippen molar-refractivity contribution in [1.29, 1.82) is 0 Å². The second-order valence-corrected chi connectivity index (χ2v) is 4.27. The number of nitrogens with one attached hydrogen (secondary N) is 1. The van der Waals surface area contributed by atoms with Gasteiger partial charge in [-0.1, -0.05) is 13.0 Å². The van der Waals surface area contributed by atoms with Crippen LogP contribution in [0.25, 0.3) is 0 Å². The van der Waals surface area contributed by atoms with Crippen LogP contribution in [0.1, 0.15) is 19.8 Å². The lowest BCUT2D eigenvalue weighted by molar-refractivity contribution is -0.139. The summed E-state index contributed by atoms with van der Waals surface area (Å²) >= 11 is 0. The minimum atomic E-state index is -1.07. The number of nitrogens with zero attached hydrogens (tertiary/aromatic N) is 2. The number of hydrogen-bond acceptors (Lipinski definition) is 5. The number of rotatable bonds is 7. The first-order valence-corrected chi connectivity index (χ1v) is 6.48. The van der Waals surface area contributed by atoms with Gasteiger partial charge in [-0.2, -0.15) is 0 Å². The summed E-state index contributed by atoms with van der Waals surface area (Å²) in [6, 6.07) is -0.734. The Bertz CT molecular complexity index is 445. The third-order valence-corrected chi connectivity index (χ3v) is 2.89. The number of imide groups is 2. The Morgan fingerprint density at radius 1 is 1.50 bits per heavy atom. The number of aliphatic imine (C=N–C) groups is 1. The number of aliphatic hydroxyl groups is 1. The van der Waals surface area contributed by atoms with Gasteiger partial charge in [0.15, 0.2) is 5.92 Å². The fraction of sp³-hybridized carbons (Fsp3) is 0.538. The SMILES string of the molecule is C=CCN1C(=O)NC(=O)C(C(CC)=NCCCO)C1=O. The van der Waals surface area contributed by atoms with Crippen molar-refractivity contribution in [3.8, 4) is 0 Å². The molecular weight excluding hydrogens is 262 g/mol. The highest BCUT2D eigenvalue weighted by Gasteiger charge is 2.42. The molecule has 2 N–H and O–H groups in total. The van der Waals surface area contributed by atoms with Crippen molar-refractivity contribution in [1.82, 2.24) is 10.2 Å². The van der Waals surface area contributed by atoms with Crippen molar-refractivity contribution in [2.75, 3.05) is 19.7 Å². The Kier molecular flexibility index (Phi) is 6.05. The molecule has 0 aliphatic carbocycles. The van der Waals surface area contributed by atoms with E-state index in [9.17, 15) is 14.4 Å². The van der Waals surface area contributed by atoms with Crippen LogP contribution in [0.2, 0.25) is 0 Å². The quantitative estimate of drug-likeness (QED) is 0.299. The monoisotopic (exact) mass is 281 g/mol. The van der Waals surface area contributed by atoms with E-state index < -0.39 is 23.8 Å². The van der Waals surface area contributed by atoms with E-state index in [1.54, 1.807) is 6.92 Å². The van der Waals surface area contributed by atoms with Crippen molar-refractivity contribution >= 4 is 23.6 Å². The molecule has 0 saturated carbocycles. The molecule has 1 rings (SSSR count). The summed E-state index contributed by atoms with van der Waals surface area (Å²) in [5.74, 6) is -2.30. The smallest absolute Gasteiger partial charge is 0.331 e. The second-order valence-electron chi connectivity index (χ2n) is 4.27. The number of carbonyl (C=O) groups is 3. The lowest BCUT2D eigenvalue weighted by Gasteiger charge is -2.29. The topological polar surface area (TPSA) is 99.1 Å². The van der Waals surface area contributed by atoms with E-state index in [0.717, 1.165) is 4.90 Å². The number of barbiturate groups is 1. The zero-order chi connectivity index (χ0) is 15.1. The molecule has 0 radical (unpaired) electrons. The van der Waals surface area contributed by atoms with Crippen LogP contribution in [-0.4, -0.2) is 53.3 Å². The highest BCUT2D eigenvalue weighted by atomic mass is 16.3. The average Bonchev–Trinajstić information content (AvgIpc) is 2.41. The largest absolute Gasteiger partial charge is 0.396 e. The molecule has 1 unspecified atom stereocenters. The van der Waals surface area contributed by atoms with Crippen molar-refractivity contribution in [3.05, 3.63) is 12.7 Å². The summed E-state index contributed by atoms with van der Waals surface area (Å²) in [5.41, 5.74) is 0.419. The normalized spacial score (nSPS) is 20.1. The van der Waals surface area contributed by atoms with Crippen molar-refractivity contribution in [2.45, 2.75) is 19.8 Å². The fourth-order valence-electron chi connectivity index (χ4n) is 1.91. The molecule has 7 heteroatoms. The van der Waals surface area contributed by atoms with Gasteiger partial charge in [-0.15, -0.1) is 6.58 Å². The van der Waals surface area contributed by atoms with Crippen LogP contribution in [0.15, 0.2) is 17.6 Å². The minimum absolute atomic E-state index is 0.00756. The molecule has 0 bridgehead atoms. The summed E-state index contributed by atoms with van der Waals surface area (Å²) in [6.45, 7) is 5.64. The van der Waals surface area contributed by atoms with Gasteiger partial charge in [0, 0.05) is 25.4 Å². The van der Waals surface area contributed by atoms with Gasteiger partial charge in [-0.25, -0.2) is 4.79 Å². The van der Waals surface area contributed by atoms with Crippen LogP contribution >= 0.6 is 0 Å². The van der Waals surface area contributed by atoms with Gasteiger partial charge in [-0.3, -0.25) is 24.8 Å². The predicted octanol–water partition coefficient (Wildman–Crippen LogP) is 0.100. The fourth-order valence-corrected chi connectivity index (χ4v) is 1.91. The standard InChI is InChI=1S/C13H19N3O4/c1-3-7-16-12(19)10(11(18)15-13(16)20)9(4-2)14-6-5-8-17/h3,10,17H,1,4-8H2,2H3,(H,15,18,20). The predicted molar refractivity (Wildman–Crippen MR) is 73.2 cm³/mol. The molecule has 0 aromatic carbocycles. The second kappa shape index (κ2) is 7.54. The van der Waals surface area contributed by atoms with Gasteiger partial charge in [0.2, 0.25) is 11.8 Å². The van der Waals surface area contributed by atoms with Crippen LogP contribution in [0.4, 0.5) is 4.79 Å². The van der Waals surface area contributed by atoms with Gasteiger partial charge in [-0.05, 0) is 12.8 Å². The molecule has 0 spiro atoms. The first-order valence-electron chi connectivity index (χ1n) is 6.48. The van der Waals surface area contributed by atoms with Gasteiger partial charge < -0.3 is 5.11 Å². The molecule has 110 valence electrons. The van der Waals surface area contributed by atoms with E-state index in [2.05, 4.69) is 16.9 Å². The van der Waals surface area contributed by atoms with E-state index in [-0.39, 0.29) is 13.2 Å². The summed E-state index contributed by atoms with van der Waals surface area (Å²) in [5, 5.41) is 10.9. The molecule has 20 heavy (non-hydrogen) atoms. The number of carbonyl (C=O) groups excluding carboxylic acids is 3. The molecule has 7 nitrogen and oxygen atoms in total. The maximum absolute atomic E-state index is 12.2. The highest BCUT2D eigenvalue weighted by molar-refractivity contribution is 6.27. The Morgan fingerprint density at radius 2 is 2.20 bits per heavy atom. The first-order chi connectivity index (χ1) is 9.56. The molecule has 1 heterocycles. The first kappa shape index (κ1) is 16.0. The molecule has 1 atom stereocenters. The molecule has 1 aliphatic heterocycles. The summed E-state index contributed by atoms with van der Waals surface area (Å²) in [6.07, 6.45) is 2.30. The number of aliphatic hydroxyl groups excluding tert-OH is 1. The maximum atomic E-state index is 12.2. The molecule has 4 amide bonds. The van der Waals surface area contributed by atoms with Gasteiger partial charge in [0.1, 0.15) is 0 Å². The van der Waals surface area contributed by atoms with Crippen LogP contribution in [0.3, 0.4) is 0 Å². The van der Waals surface area contributed by atoms with Crippen molar-refractivity contribution < 1.29 is 19.5 Å². The molecule has 0 aromatic heterocycles. The Morgan fingerprint density at radius 3 is 2.75 bits per heavy atom. The third kappa shape index (κ3) is 3.51. The lowest BCUT2D eigenvalue weighted by Crippen LogP contribution is -2.59. The van der Waals surface area contributed by atoms with Gasteiger partial charge >= 0.3 is 6.03 Å². The highest BCUT2D eigenvalue weighted by Crippen LogP contribution is 2.15. The van der Waals surface area contributed by atoms with Crippen LogP contribution in [-0.2, 0) is 9.59 Å². The Hall–Kier alpha value is -2.02. The lowest BCUT2D eigenvalue weighted by atomic mass is 9.96. The van der Waals surface area contributed by atoms with E-state index in [4.69, 9.17) is 5.11 Å². The number of hydrogen-bond donors (Lipinski definition) is 2. The van der Waals surface area contributed by atoms with Crippen LogP contribution < -0.4 is 5.32 Å². The minimum Gasteiger partial charge on any atom is -0.396 e. The molecule has 1 aliphatic rings. The summed E-state index contributed by atoms with van der Waals surface area (Å²) in [7, 11) is 0. The van der Waals surface area contributed by atoms with E-state index in [1.165, 1.54) is 6.08 Å². The van der Waals surface area contributed by atoms with Gasteiger partial charge in [0.05, 0.1) is 0 Å². The summed E-state index contributed by atoms with van der Waals surface area (Å²) < 4.78 is 0. The van der Waals surface area contributed by atoms with Gasteiger partial charge in [0.25, 0.3) is 0 Å². The number of urea groups is 1. The average molecular weight is 281 g/mol.